The number of carbonyl (C=O) groups excluding carboxylic acids is 1. The van der Waals surface area contributed by atoms with Gasteiger partial charge in [-0.05, 0) is 59.1 Å². The molecular formula is C17H16BrClN2O2. The lowest BCUT2D eigenvalue weighted by Gasteiger charge is -2.07. The highest BCUT2D eigenvalue weighted by Crippen LogP contribution is 2.27. The van der Waals surface area contributed by atoms with E-state index in [1.54, 1.807) is 24.4 Å². The first-order valence-electron chi connectivity index (χ1n) is 6.92. The fourth-order valence-electron chi connectivity index (χ4n) is 1.91. The maximum Gasteiger partial charge on any atom is 0.277 e. The Bertz CT molecular complexity index is 747. The van der Waals surface area contributed by atoms with E-state index in [0.717, 1.165) is 11.1 Å². The minimum atomic E-state index is -0.340. The lowest BCUT2D eigenvalue weighted by atomic mass is 10.1. The third-order valence-corrected chi connectivity index (χ3v) is 3.93. The summed E-state index contributed by atoms with van der Waals surface area (Å²) in [6.07, 6.45) is 1.62. The largest absolute Gasteiger partial charge is 0.483 e. The Kier molecular flexibility index (Phi) is 6.19. The summed E-state index contributed by atoms with van der Waals surface area (Å²) < 4.78 is 6.10. The van der Waals surface area contributed by atoms with Crippen LogP contribution in [0.3, 0.4) is 0 Å². The van der Waals surface area contributed by atoms with E-state index in [0.29, 0.717) is 15.2 Å². The summed E-state index contributed by atoms with van der Waals surface area (Å²) in [4.78, 5) is 11.7. The Balaban J connectivity index is 1.86. The van der Waals surface area contributed by atoms with Crippen molar-refractivity contribution in [3.8, 4) is 5.75 Å². The van der Waals surface area contributed by atoms with Crippen LogP contribution in [-0.2, 0) is 4.79 Å². The number of carbonyl (C=O) groups is 1. The maximum atomic E-state index is 11.7. The predicted molar refractivity (Wildman–Crippen MR) is 96.3 cm³/mol. The molecule has 0 bridgehead atoms. The minimum Gasteiger partial charge on any atom is -0.483 e. The molecule has 1 N–H and O–H groups in total. The van der Waals surface area contributed by atoms with Crippen LogP contribution in [0, 0.1) is 13.8 Å². The van der Waals surface area contributed by atoms with E-state index in [9.17, 15) is 4.79 Å². The first kappa shape index (κ1) is 17.5. The molecule has 0 saturated carbocycles. The molecule has 0 heterocycles. The van der Waals surface area contributed by atoms with Gasteiger partial charge in [-0.2, -0.15) is 5.10 Å². The second-order valence-corrected chi connectivity index (χ2v) is 6.31. The van der Waals surface area contributed by atoms with Crippen LogP contribution in [0.5, 0.6) is 5.75 Å². The first-order chi connectivity index (χ1) is 11.0. The van der Waals surface area contributed by atoms with Crippen LogP contribution in [0.1, 0.15) is 16.7 Å². The summed E-state index contributed by atoms with van der Waals surface area (Å²) in [7, 11) is 0. The van der Waals surface area contributed by atoms with Gasteiger partial charge in [0, 0.05) is 5.02 Å². The third kappa shape index (κ3) is 5.37. The van der Waals surface area contributed by atoms with Gasteiger partial charge in [-0.1, -0.05) is 35.4 Å². The highest BCUT2D eigenvalue weighted by Gasteiger charge is 2.05. The average Bonchev–Trinajstić information content (AvgIpc) is 2.48. The Labute approximate surface area is 148 Å². The van der Waals surface area contributed by atoms with E-state index in [-0.39, 0.29) is 12.5 Å². The van der Waals surface area contributed by atoms with Gasteiger partial charge in [0.25, 0.3) is 5.91 Å². The number of halogens is 2. The Morgan fingerprint density at radius 3 is 2.78 bits per heavy atom. The first-order valence-corrected chi connectivity index (χ1v) is 8.10. The zero-order valence-electron chi connectivity index (χ0n) is 12.8. The Morgan fingerprint density at radius 2 is 2.09 bits per heavy atom. The van der Waals surface area contributed by atoms with Crippen LogP contribution in [0.4, 0.5) is 0 Å². The van der Waals surface area contributed by atoms with Crippen molar-refractivity contribution < 1.29 is 9.53 Å². The van der Waals surface area contributed by atoms with Crippen molar-refractivity contribution >= 4 is 39.7 Å². The standard InChI is InChI=1S/C17H16BrClN2O2/c1-11-3-4-13(12(2)7-11)9-20-21-17(22)10-23-16-6-5-14(19)8-15(16)18/h3-9H,10H2,1-2H3,(H,21,22)/b20-9+. The van der Waals surface area contributed by atoms with Crippen molar-refractivity contribution in [2.24, 2.45) is 5.10 Å². The van der Waals surface area contributed by atoms with Crippen molar-refractivity contribution in [3.05, 3.63) is 62.6 Å². The average molecular weight is 396 g/mol. The molecule has 2 aromatic rings. The van der Waals surface area contributed by atoms with Gasteiger partial charge in [0.2, 0.25) is 0 Å². The van der Waals surface area contributed by atoms with Crippen LogP contribution in [-0.4, -0.2) is 18.7 Å². The molecule has 0 aliphatic carbocycles. The molecule has 0 atom stereocenters. The minimum absolute atomic E-state index is 0.134. The molecule has 6 heteroatoms. The smallest absolute Gasteiger partial charge is 0.277 e. The lowest BCUT2D eigenvalue weighted by Crippen LogP contribution is -2.24. The van der Waals surface area contributed by atoms with Crippen molar-refractivity contribution in [3.63, 3.8) is 0 Å². The molecule has 0 unspecified atom stereocenters. The van der Waals surface area contributed by atoms with E-state index in [1.807, 2.05) is 26.0 Å². The van der Waals surface area contributed by atoms with Crippen LogP contribution >= 0.6 is 27.5 Å². The summed E-state index contributed by atoms with van der Waals surface area (Å²) in [5.41, 5.74) is 5.68. The van der Waals surface area contributed by atoms with Crippen LogP contribution in [0.25, 0.3) is 0 Å². The van der Waals surface area contributed by atoms with Gasteiger partial charge in [0.1, 0.15) is 5.75 Å². The van der Waals surface area contributed by atoms with Crippen LogP contribution in [0.15, 0.2) is 46.0 Å². The molecule has 23 heavy (non-hydrogen) atoms. The maximum absolute atomic E-state index is 11.7. The number of nitrogens with zero attached hydrogens (tertiary/aromatic N) is 1. The highest BCUT2D eigenvalue weighted by molar-refractivity contribution is 9.10. The summed E-state index contributed by atoms with van der Waals surface area (Å²) >= 11 is 9.17. The van der Waals surface area contributed by atoms with Gasteiger partial charge in [0.05, 0.1) is 10.7 Å². The quantitative estimate of drug-likeness (QED) is 0.608. The molecule has 0 spiro atoms. The molecule has 0 aromatic heterocycles. The number of hydrogen-bond donors (Lipinski definition) is 1. The fourth-order valence-corrected chi connectivity index (χ4v) is 2.71. The van der Waals surface area contributed by atoms with Gasteiger partial charge in [-0.3, -0.25) is 4.79 Å². The van der Waals surface area contributed by atoms with E-state index in [2.05, 4.69) is 32.5 Å². The highest BCUT2D eigenvalue weighted by atomic mass is 79.9. The fraction of sp³-hybridized carbons (Fsp3) is 0.176. The zero-order valence-corrected chi connectivity index (χ0v) is 15.1. The predicted octanol–water partition coefficient (Wildman–Crippen LogP) is 4.25. The number of ether oxygens (including phenoxy) is 1. The number of amides is 1. The van der Waals surface area contributed by atoms with Gasteiger partial charge >= 0.3 is 0 Å². The molecule has 0 saturated heterocycles. The molecule has 4 nitrogen and oxygen atoms in total. The molecule has 0 fully saturated rings. The van der Waals surface area contributed by atoms with Crippen molar-refractivity contribution in [1.82, 2.24) is 5.43 Å². The van der Waals surface area contributed by atoms with Crippen molar-refractivity contribution in [2.75, 3.05) is 6.61 Å². The van der Waals surface area contributed by atoms with Crippen molar-refractivity contribution in [2.45, 2.75) is 13.8 Å². The molecule has 0 aliphatic heterocycles. The van der Waals surface area contributed by atoms with Crippen molar-refractivity contribution in [1.29, 1.82) is 0 Å². The SMILES string of the molecule is Cc1ccc(/C=N/NC(=O)COc2ccc(Cl)cc2Br)c(C)c1. The summed E-state index contributed by atoms with van der Waals surface area (Å²) in [5.74, 6) is 0.204. The lowest BCUT2D eigenvalue weighted by molar-refractivity contribution is -0.123. The van der Waals surface area contributed by atoms with E-state index < -0.39 is 0 Å². The third-order valence-electron chi connectivity index (χ3n) is 3.07. The molecule has 0 radical (unpaired) electrons. The Morgan fingerprint density at radius 1 is 1.30 bits per heavy atom. The molecule has 0 aliphatic rings. The zero-order chi connectivity index (χ0) is 16.8. The summed E-state index contributed by atoms with van der Waals surface area (Å²) in [6.45, 7) is 3.89. The monoisotopic (exact) mass is 394 g/mol. The Hall–Kier alpha value is -1.85. The number of hydrogen-bond acceptors (Lipinski definition) is 3. The van der Waals surface area contributed by atoms with Gasteiger partial charge in [-0.15, -0.1) is 0 Å². The number of aryl methyl sites for hydroxylation is 2. The number of rotatable bonds is 5. The summed E-state index contributed by atoms with van der Waals surface area (Å²) in [6, 6.07) is 11.1. The number of nitrogens with one attached hydrogen (secondary N) is 1. The molecule has 120 valence electrons. The second-order valence-electron chi connectivity index (χ2n) is 5.02. The molecular weight excluding hydrogens is 380 g/mol. The molecule has 1 amide bonds. The molecule has 2 rings (SSSR count). The summed E-state index contributed by atoms with van der Waals surface area (Å²) in [5, 5.41) is 4.53. The second kappa shape index (κ2) is 8.13. The molecule has 2 aromatic carbocycles. The number of benzene rings is 2. The van der Waals surface area contributed by atoms with Crippen LogP contribution < -0.4 is 10.2 Å². The normalized spacial score (nSPS) is 10.8. The topological polar surface area (TPSA) is 50.7 Å². The van der Waals surface area contributed by atoms with Gasteiger partial charge < -0.3 is 4.74 Å². The van der Waals surface area contributed by atoms with E-state index in [4.69, 9.17) is 16.3 Å². The van der Waals surface area contributed by atoms with Gasteiger partial charge in [-0.25, -0.2) is 5.43 Å². The van der Waals surface area contributed by atoms with E-state index in [1.165, 1.54) is 5.56 Å². The van der Waals surface area contributed by atoms with E-state index >= 15 is 0 Å². The van der Waals surface area contributed by atoms with Gasteiger partial charge in [0.15, 0.2) is 6.61 Å². The van der Waals surface area contributed by atoms with Crippen LogP contribution in [0.2, 0.25) is 5.02 Å². The number of hydrazone groups is 1.